The van der Waals surface area contributed by atoms with Gasteiger partial charge in [0.15, 0.2) is 0 Å². The van der Waals surface area contributed by atoms with E-state index in [9.17, 15) is 4.79 Å². The lowest BCUT2D eigenvalue weighted by Gasteiger charge is -2.07. The lowest BCUT2D eigenvalue weighted by Crippen LogP contribution is -2.18. The van der Waals surface area contributed by atoms with Gasteiger partial charge in [-0.2, -0.15) is 5.10 Å². The molecule has 21 heavy (non-hydrogen) atoms. The van der Waals surface area contributed by atoms with E-state index in [2.05, 4.69) is 31.7 Å². The maximum absolute atomic E-state index is 11.6. The summed E-state index contributed by atoms with van der Waals surface area (Å²) >= 11 is 3.38. The molecule has 0 aliphatic rings. The molecule has 6 heteroatoms. The van der Waals surface area contributed by atoms with Crippen molar-refractivity contribution in [1.29, 1.82) is 0 Å². The third-order valence-electron chi connectivity index (χ3n) is 3.07. The van der Waals surface area contributed by atoms with Gasteiger partial charge in [-0.3, -0.25) is 9.48 Å². The summed E-state index contributed by atoms with van der Waals surface area (Å²) in [6.45, 7) is 1.52. The van der Waals surface area contributed by atoms with Crippen LogP contribution in [0.3, 0.4) is 0 Å². The standard InChI is InChI=1S/C15H19BrN4O/c1-17-8-6-15(21)19-14-4-2-12(3-5-14)7-9-20-11-13(16)10-18-20/h2-5,10-11,17H,6-9H2,1H3,(H,19,21). The average Bonchev–Trinajstić information content (AvgIpc) is 2.90. The van der Waals surface area contributed by atoms with Gasteiger partial charge >= 0.3 is 0 Å². The number of nitrogens with zero attached hydrogens (tertiary/aromatic N) is 2. The van der Waals surface area contributed by atoms with Crippen molar-refractivity contribution in [3.63, 3.8) is 0 Å². The lowest BCUT2D eigenvalue weighted by atomic mass is 10.1. The van der Waals surface area contributed by atoms with Gasteiger partial charge in [-0.05, 0) is 47.1 Å². The molecule has 2 rings (SSSR count). The first-order valence-corrected chi connectivity index (χ1v) is 7.68. The van der Waals surface area contributed by atoms with Gasteiger partial charge in [-0.1, -0.05) is 12.1 Å². The van der Waals surface area contributed by atoms with E-state index in [1.54, 1.807) is 6.20 Å². The largest absolute Gasteiger partial charge is 0.326 e. The van der Waals surface area contributed by atoms with E-state index in [0.29, 0.717) is 13.0 Å². The van der Waals surface area contributed by atoms with Crippen molar-refractivity contribution in [3.05, 3.63) is 46.7 Å². The van der Waals surface area contributed by atoms with Crippen molar-refractivity contribution in [2.24, 2.45) is 0 Å². The van der Waals surface area contributed by atoms with Crippen molar-refractivity contribution in [2.75, 3.05) is 18.9 Å². The molecule has 0 bridgehead atoms. The fourth-order valence-electron chi connectivity index (χ4n) is 1.92. The van der Waals surface area contributed by atoms with Gasteiger partial charge < -0.3 is 10.6 Å². The van der Waals surface area contributed by atoms with Crippen molar-refractivity contribution in [2.45, 2.75) is 19.4 Å². The molecule has 0 aliphatic carbocycles. The Morgan fingerprint density at radius 2 is 2.10 bits per heavy atom. The summed E-state index contributed by atoms with van der Waals surface area (Å²) in [5.41, 5.74) is 2.05. The predicted molar refractivity (Wildman–Crippen MR) is 87.2 cm³/mol. The van der Waals surface area contributed by atoms with Crippen LogP contribution in [0.15, 0.2) is 41.1 Å². The number of carbonyl (C=O) groups excluding carboxylic acids is 1. The molecule has 0 spiro atoms. The second-order valence-corrected chi connectivity index (χ2v) is 5.69. The number of nitrogens with one attached hydrogen (secondary N) is 2. The number of hydrogen-bond acceptors (Lipinski definition) is 3. The summed E-state index contributed by atoms with van der Waals surface area (Å²) in [5, 5.41) is 10.1. The lowest BCUT2D eigenvalue weighted by molar-refractivity contribution is -0.116. The summed E-state index contributed by atoms with van der Waals surface area (Å²) in [4.78, 5) is 11.6. The van der Waals surface area contributed by atoms with Gasteiger partial charge in [0.05, 0.1) is 10.7 Å². The first kappa shape index (κ1) is 15.7. The molecule has 5 nitrogen and oxygen atoms in total. The summed E-state index contributed by atoms with van der Waals surface area (Å²) in [6.07, 6.45) is 5.12. The molecule has 2 N–H and O–H groups in total. The monoisotopic (exact) mass is 350 g/mol. The Labute approximate surface area is 132 Å². The van der Waals surface area contributed by atoms with E-state index in [-0.39, 0.29) is 5.91 Å². The fourth-order valence-corrected chi connectivity index (χ4v) is 2.25. The smallest absolute Gasteiger partial charge is 0.225 e. The highest BCUT2D eigenvalue weighted by atomic mass is 79.9. The molecular weight excluding hydrogens is 332 g/mol. The molecule has 2 aromatic rings. The molecule has 1 aromatic heterocycles. The fraction of sp³-hybridized carbons (Fsp3) is 0.333. The highest BCUT2D eigenvalue weighted by Crippen LogP contribution is 2.12. The maximum atomic E-state index is 11.6. The molecule has 0 radical (unpaired) electrons. The number of aromatic nitrogens is 2. The van der Waals surface area contributed by atoms with Crippen molar-refractivity contribution >= 4 is 27.5 Å². The number of anilines is 1. The van der Waals surface area contributed by atoms with Crippen LogP contribution in [0.1, 0.15) is 12.0 Å². The number of aryl methyl sites for hydroxylation is 2. The Bertz CT molecular complexity index is 580. The summed E-state index contributed by atoms with van der Waals surface area (Å²) < 4.78 is 2.89. The van der Waals surface area contributed by atoms with E-state index in [1.165, 1.54) is 5.56 Å². The Balaban J connectivity index is 1.82. The Morgan fingerprint density at radius 3 is 2.71 bits per heavy atom. The van der Waals surface area contributed by atoms with Crippen molar-refractivity contribution in [3.8, 4) is 0 Å². The van der Waals surface area contributed by atoms with Gasteiger partial charge in [0.2, 0.25) is 5.91 Å². The topological polar surface area (TPSA) is 59.0 Å². The van der Waals surface area contributed by atoms with Crippen molar-refractivity contribution < 1.29 is 4.79 Å². The normalized spacial score (nSPS) is 10.6. The predicted octanol–water partition coefficient (Wildman–Crippen LogP) is 2.44. The molecule has 1 amide bonds. The Hall–Kier alpha value is -1.66. The number of halogens is 1. The molecule has 0 saturated carbocycles. The Morgan fingerprint density at radius 1 is 1.33 bits per heavy atom. The molecular formula is C15H19BrN4O. The van der Waals surface area contributed by atoms with E-state index < -0.39 is 0 Å². The third-order valence-corrected chi connectivity index (χ3v) is 3.48. The van der Waals surface area contributed by atoms with E-state index in [1.807, 2.05) is 42.2 Å². The van der Waals surface area contributed by atoms with Crippen LogP contribution in [0.5, 0.6) is 0 Å². The SMILES string of the molecule is CNCCC(=O)Nc1ccc(CCn2cc(Br)cn2)cc1. The third kappa shape index (κ3) is 5.32. The van der Waals surface area contributed by atoms with Gasteiger partial charge in [-0.15, -0.1) is 0 Å². The molecule has 0 atom stereocenters. The zero-order chi connectivity index (χ0) is 15.1. The second-order valence-electron chi connectivity index (χ2n) is 4.77. The molecule has 0 saturated heterocycles. The molecule has 112 valence electrons. The second kappa shape index (κ2) is 7.95. The molecule has 0 unspecified atom stereocenters. The molecule has 0 aliphatic heterocycles. The van der Waals surface area contributed by atoms with Crippen LogP contribution in [0.25, 0.3) is 0 Å². The maximum Gasteiger partial charge on any atom is 0.225 e. The highest BCUT2D eigenvalue weighted by molar-refractivity contribution is 9.10. The molecule has 0 fully saturated rings. The zero-order valence-electron chi connectivity index (χ0n) is 12.0. The van der Waals surface area contributed by atoms with Crippen LogP contribution < -0.4 is 10.6 Å². The average molecular weight is 351 g/mol. The summed E-state index contributed by atoms with van der Waals surface area (Å²) in [5.74, 6) is 0.0264. The van der Waals surface area contributed by atoms with Crippen LogP contribution in [0.4, 0.5) is 5.69 Å². The minimum Gasteiger partial charge on any atom is -0.326 e. The summed E-state index contributed by atoms with van der Waals surface area (Å²) in [6, 6.07) is 7.94. The number of carbonyl (C=O) groups is 1. The van der Waals surface area contributed by atoms with Crippen LogP contribution >= 0.6 is 15.9 Å². The van der Waals surface area contributed by atoms with Crippen LogP contribution in [0.2, 0.25) is 0 Å². The van der Waals surface area contributed by atoms with E-state index in [4.69, 9.17) is 0 Å². The minimum atomic E-state index is 0.0264. The van der Waals surface area contributed by atoms with Gasteiger partial charge in [0.25, 0.3) is 0 Å². The summed E-state index contributed by atoms with van der Waals surface area (Å²) in [7, 11) is 1.83. The van der Waals surface area contributed by atoms with Crippen LogP contribution in [0, 0.1) is 0 Å². The van der Waals surface area contributed by atoms with Crippen molar-refractivity contribution in [1.82, 2.24) is 15.1 Å². The molecule has 1 aromatic carbocycles. The van der Waals surface area contributed by atoms with Crippen LogP contribution in [-0.2, 0) is 17.8 Å². The number of amides is 1. The molecule has 1 heterocycles. The highest BCUT2D eigenvalue weighted by Gasteiger charge is 2.02. The number of rotatable bonds is 7. The van der Waals surface area contributed by atoms with Gasteiger partial charge in [-0.25, -0.2) is 0 Å². The van der Waals surface area contributed by atoms with Crippen LogP contribution in [-0.4, -0.2) is 29.3 Å². The Kier molecular flexibility index (Phi) is 5.95. The quantitative estimate of drug-likeness (QED) is 0.806. The minimum absolute atomic E-state index is 0.0264. The number of benzene rings is 1. The van der Waals surface area contributed by atoms with E-state index in [0.717, 1.165) is 23.1 Å². The van der Waals surface area contributed by atoms with Gasteiger partial charge in [0, 0.05) is 31.4 Å². The first-order valence-electron chi connectivity index (χ1n) is 6.89. The number of hydrogen-bond donors (Lipinski definition) is 2. The van der Waals surface area contributed by atoms with E-state index >= 15 is 0 Å². The first-order chi connectivity index (χ1) is 10.2. The van der Waals surface area contributed by atoms with Gasteiger partial charge in [0.1, 0.15) is 0 Å². The zero-order valence-corrected chi connectivity index (χ0v) is 13.6.